The van der Waals surface area contributed by atoms with Crippen LogP contribution in [0.5, 0.6) is 0 Å². The molecular formula is C10H20N2O4. The number of rotatable bonds is 7. The van der Waals surface area contributed by atoms with E-state index in [9.17, 15) is 9.59 Å². The molecule has 0 aromatic rings. The van der Waals surface area contributed by atoms with Gasteiger partial charge in [-0.2, -0.15) is 0 Å². The van der Waals surface area contributed by atoms with E-state index in [0.29, 0.717) is 0 Å². The lowest BCUT2D eigenvalue weighted by Gasteiger charge is -2.15. The molecule has 16 heavy (non-hydrogen) atoms. The summed E-state index contributed by atoms with van der Waals surface area (Å²) in [6.07, 6.45) is 0.281. The van der Waals surface area contributed by atoms with Crippen molar-refractivity contribution >= 4 is 12.0 Å². The fourth-order valence-corrected chi connectivity index (χ4v) is 1.18. The first-order chi connectivity index (χ1) is 7.51. The Kier molecular flexibility index (Phi) is 7.28. The summed E-state index contributed by atoms with van der Waals surface area (Å²) in [5, 5.41) is 22.6. The topological polar surface area (TPSA) is 98.7 Å². The van der Waals surface area contributed by atoms with Crippen molar-refractivity contribution in [3.63, 3.8) is 0 Å². The quantitative estimate of drug-likeness (QED) is 0.507. The molecule has 0 aromatic heterocycles. The van der Waals surface area contributed by atoms with E-state index >= 15 is 0 Å². The Morgan fingerprint density at radius 3 is 2.25 bits per heavy atom. The van der Waals surface area contributed by atoms with Crippen molar-refractivity contribution in [3.8, 4) is 0 Å². The van der Waals surface area contributed by atoms with Gasteiger partial charge in [0, 0.05) is 19.0 Å². The number of carbonyl (C=O) groups is 2. The second-order valence-corrected chi connectivity index (χ2v) is 3.56. The van der Waals surface area contributed by atoms with Gasteiger partial charge in [-0.25, -0.2) is 9.59 Å². The van der Waals surface area contributed by atoms with E-state index in [1.165, 1.54) is 0 Å². The predicted octanol–water partition coefficient (Wildman–Crippen LogP) is 0.310. The SMILES string of the molecule is CCC(CC)NC(=O)NCCC(O)C(=O)O. The van der Waals surface area contributed by atoms with Crippen molar-refractivity contribution in [1.29, 1.82) is 0 Å². The number of aliphatic carboxylic acids is 1. The molecule has 6 heteroatoms. The maximum atomic E-state index is 11.3. The monoisotopic (exact) mass is 232 g/mol. The van der Waals surface area contributed by atoms with E-state index in [1.54, 1.807) is 0 Å². The second-order valence-electron chi connectivity index (χ2n) is 3.56. The molecule has 4 N–H and O–H groups in total. The van der Waals surface area contributed by atoms with E-state index < -0.39 is 12.1 Å². The van der Waals surface area contributed by atoms with E-state index in [-0.39, 0.29) is 25.0 Å². The normalized spacial score (nSPS) is 12.2. The maximum Gasteiger partial charge on any atom is 0.332 e. The molecule has 1 atom stereocenters. The van der Waals surface area contributed by atoms with Crippen LogP contribution in [0, 0.1) is 0 Å². The van der Waals surface area contributed by atoms with Gasteiger partial charge in [0.1, 0.15) is 0 Å². The lowest BCUT2D eigenvalue weighted by molar-refractivity contribution is -0.146. The summed E-state index contributed by atoms with van der Waals surface area (Å²) in [5.41, 5.74) is 0. The smallest absolute Gasteiger partial charge is 0.332 e. The Morgan fingerprint density at radius 2 is 1.81 bits per heavy atom. The number of nitrogens with one attached hydrogen (secondary N) is 2. The van der Waals surface area contributed by atoms with E-state index in [0.717, 1.165) is 12.8 Å². The summed E-state index contributed by atoms with van der Waals surface area (Å²) in [7, 11) is 0. The number of aliphatic hydroxyl groups is 1. The zero-order chi connectivity index (χ0) is 12.6. The summed E-state index contributed by atoms with van der Waals surface area (Å²) < 4.78 is 0. The highest BCUT2D eigenvalue weighted by atomic mass is 16.4. The molecule has 0 radical (unpaired) electrons. The third-order valence-corrected chi connectivity index (χ3v) is 2.31. The molecule has 2 amide bonds. The summed E-state index contributed by atoms with van der Waals surface area (Å²) >= 11 is 0. The number of carboxylic acids is 1. The van der Waals surface area contributed by atoms with Crippen molar-refractivity contribution in [2.45, 2.75) is 45.3 Å². The fourth-order valence-electron chi connectivity index (χ4n) is 1.18. The van der Waals surface area contributed by atoms with Crippen molar-refractivity contribution in [3.05, 3.63) is 0 Å². The number of carboxylic acid groups (broad SMARTS) is 1. The summed E-state index contributed by atoms with van der Waals surface area (Å²) in [6, 6.07) is -0.198. The highest BCUT2D eigenvalue weighted by molar-refractivity contribution is 5.74. The van der Waals surface area contributed by atoms with E-state index in [2.05, 4.69) is 10.6 Å². The van der Waals surface area contributed by atoms with Crippen LogP contribution in [-0.4, -0.2) is 40.9 Å². The van der Waals surface area contributed by atoms with Crippen molar-refractivity contribution in [1.82, 2.24) is 10.6 Å². The minimum atomic E-state index is -1.42. The Morgan fingerprint density at radius 1 is 1.25 bits per heavy atom. The van der Waals surface area contributed by atoms with Crippen LogP contribution in [0.4, 0.5) is 4.79 Å². The van der Waals surface area contributed by atoms with Gasteiger partial charge in [-0.3, -0.25) is 0 Å². The molecule has 6 nitrogen and oxygen atoms in total. The van der Waals surface area contributed by atoms with Gasteiger partial charge in [0.25, 0.3) is 0 Å². The molecule has 0 saturated heterocycles. The highest BCUT2D eigenvalue weighted by Gasteiger charge is 2.13. The van der Waals surface area contributed by atoms with E-state index in [4.69, 9.17) is 10.2 Å². The minimum absolute atomic E-state index is 0.00563. The molecule has 0 aliphatic rings. The standard InChI is InChI=1S/C10H20N2O4/c1-3-7(4-2)12-10(16)11-6-5-8(13)9(14)15/h7-8,13H,3-6H2,1-2H3,(H,14,15)(H2,11,12,16). The largest absolute Gasteiger partial charge is 0.479 e. The average Bonchev–Trinajstić information content (AvgIpc) is 2.25. The number of carbonyl (C=O) groups excluding carboxylic acids is 1. The first kappa shape index (κ1) is 14.7. The Labute approximate surface area is 95.0 Å². The van der Waals surface area contributed by atoms with Gasteiger partial charge < -0.3 is 20.8 Å². The van der Waals surface area contributed by atoms with Gasteiger partial charge in [-0.15, -0.1) is 0 Å². The summed E-state index contributed by atoms with van der Waals surface area (Å²) in [4.78, 5) is 21.5. The van der Waals surface area contributed by atoms with Crippen molar-refractivity contribution in [2.24, 2.45) is 0 Å². The average molecular weight is 232 g/mol. The Bertz CT molecular complexity index is 229. The van der Waals surface area contributed by atoms with Gasteiger partial charge in [-0.1, -0.05) is 13.8 Å². The summed E-state index contributed by atoms with van der Waals surface area (Å²) in [6.45, 7) is 4.09. The number of urea groups is 1. The molecule has 0 aliphatic heterocycles. The van der Waals surface area contributed by atoms with Crippen LogP contribution in [0.2, 0.25) is 0 Å². The van der Waals surface area contributed by atoms with Crippen LogP contribution >= 0.6 is 0 Å². The van der Waals surface area contributed by atoms with Gasteiger partial charge in [0.15, 0.2) is 6.10 Å². The van der Waals surface area contributed by atoms with Crippen LogP contribution in [0.3, 0.4) is 0 Å². The van der Waals surface area contributed by atoms with Gasteiger partial charge in [0.05, 0.1) is 0 Å². The highest BCUT2D eigenvalue weighted by Crippen LogP contribution is 1.95. The Balaban J connectivity index is 3.69. The van der Waals surface area contributed by atoms with Crippen LogP contribution in [0.1, 0.15) is 33.1 Å². The lowest BCUT2D eigenvalue weighted by atomic mass is 10.2. The van der Waals surface area contributed by atoms with Crippen molar-refractivity contribution < 1.29 is 19.8 Å². The van der Waals surface area contributed by atoms with Crippen molar-refractivity contribution in [2.75, 3.05) is 6.54 Å². The predicted molar refractivity (Wildman–Crippen MR) is 59.2 cm³/mol. The molecule has 0 saturated carbocycles. The van der Waals surface area contributed by atoms with Crippen LogP contribution in [-0.2, 0) is 4.79 Å². The number of hydrogen-bond acceptors (Lipinski definition) is 3. The zero-order valence-electron chi connectivity index (χ0n) is 9.69. The first-order valence-electron chi connectivity index (χ1n) is 5.46. The fraction of sp³-hybridized carbons (Fsp3) is 0.800. The molecule has 0 aromatic carbocycles. The minimum Gasteiger partial charge on any atom is -0.479 e. The third-order valence-electron chi connectivity index (χ3n) is 2.31. The summed E-state index contributed by atoms with van der Waals surface area (Å²) in [5.74, 6) is -1.28. The van der Waals surface area contributed by atoms with Gasteiger partial charge in [0.2, 0.25) is 0 Å². The second kappa shape index (κ2) is 7.92. The lowest BCUT2D eigenvalue weighted by Crippen LogP contribution is -2.42. The Hall–Kier alpha value is -1.30. The molecule has 94 valence electrons. The molecular weight excluding hydrogens is 212 g/mol. The zero-order valence-corrected chi connectivity index (χ0v) is 9.69. The molecule has 1 unspecified atom stereocenters. The third kappa shape index (κ3) is 6.23. The van der Waals surface area contributed by atoms with Crippen LogP contribution < -0.4 is 10.6 Å². The van der Waals surface area contributed by atoms with Gasteiger partial charge >= 0.3 is 12.0 Å². The first-order valence-corrected chi connectivity index (χ1v) is 5.46. The molecule has 0 bridgehead atoms. The molecule has 0 heterocycles. The molecule has 0 spiro atoms. The van der Waals surface area contributed by atoms with Crippen LogP contribution in [0.25, 0.3) is 0 Å². The number of aliphatic hydroxyl groups excluding tert-OH is 1. The molecule has 0 fully saturated rings. The van der Waals surface area contributed by atoms with Crippen LogP contribution in [0.15, 0.2) is 0 Å². The molecule has 0 rings (SSSR count). The van der Waals surface area contributed by atoms with Gasteiger partial charge in [-0.05, 0) is 12.8 Å². The number of hydrogen-bond donors (Lipinski definition) is 4. The maximum absolute atomic E-state index is 11.3. The molecule has 0 aliphatic carbocycles. The number of amides is 2. The van der Waals surface area contributed by atoms with E-state index in [1.807, 2.05) is 13.8 Å².